The Morgan fingerprint density at radius 2 is 1.68 bits per heavy atom. The molecule has 0 spiro atoms. The number of morpholine rings is 1. The largest absolute Gasteiger partial charge is 0.378 e. The van der Waals surface area contributed by atoms with Crippen molar-refractivity contribution in [1.29, 1.82) is 0 Å². The number of nitro benzene ring substituents is 1. The van der Waals surface area contributed by atoms with Gasteiger partial charge in [0, 0.05) is 31.3 Å². The van der Waals surface area contributed by atoms with Gasteiger partial charge in [-0.3, -0.25) is 24.6 Å². The van der Waals surface area contributed by atoms with Crippen LogP contribution in [0.4, 0.5) is 5.69 Å². The van der Waals surface area contributed by atoms with Crippen LogP contribution in [0.1, 0.15) is 19.4 Å². The molecule has 2 aliphatic rings. The van der Waals surface area contributed by atoms with Gasteiger partial charge < -0.3 is 9.64 Å². The summed E-state index contributed by atoms with van der Waals surface area (Å²) >= 11 is 0. The summed E-state index contributed by atoms with van der Waals surface area (Å²) in [6, 6.07) is 5.45. The number of amides is 2. The number of hydrogen-bond acceptors (Lipinski definition) is 6. The van der Waals surface area contributed by atoms with Gasteiger partial charge in [-0.15, -0.1) is 0 Å². The topological polar surface area (TPSA) is 93.0 Å². The molecule has 2 heterocycles. The van der Waals surface area contributed by atoms with E-state index in [1.54, 1.807) is 13.8 Å². The molecule has 25 heavy (non-hydrogen) atoms. The van der Waals surface area contributed by atoms with Crippen LogP contribution in [-0.2, 0) is 14.3 Å². The molecule has 0 aromatic heterocycles. The summed E-state index contributed by atoms with van der Waals surface area (Å²) in [5.74, 6) is -0.689. The molecule has 1 saturated heterocycles. The van der Waals surface area contributed by atoms with E-state index in [4.69, 9.17) is 4.74 Å². The zero-order valence-corrected chi connectivity index (χ0v) is 14.1. The van der Waals surface area contributed by atoms with Gasteiger partial charge in [-0.2, -0.15) is 0 Å². The van der Waals surface area contributed by atoms with Crippen LogP contribution in [0.3, 0.4) is 0 Å². The van der Waals surface area contributed by atoms with Gasteiger partial charge in [0.1, 0.15) is 5.70 Å². The molecule has 132 valence electrons. The number of benzene rings is 1. The molecule has 8 nitrogen and oxygen atoms in total. The van der Waals surface area contributed by atoms with Crippen LogP contribution in [-0.4, -0.2) is 58.9 Å². The van der Waals surface area contributed by atoms with Crippen LogP contribution in [0.5, 0.6) is 0 Å². The summed E-state index contributed by atoms with van der Waals surface area (Å²) in [6.45, 7) is 5.59. The molecule has 0 unspecified atom stereocenters. The Balaban J connectivity index is 2.08. The van der Waals surface area contributed by atoms with E-state index in [0.717, 1.165) is 0 Å². The van der Waals surface area contributed by atoms with E-state index in [9.17, 15) is 19.7 Å². The van der Waals surface area contributed by atoms with E-state index in [0.29, 0.717) is 43.1 Å². The SMILES string of the molecule is CC(C)N1C(=O)C(c2ccc([N+](=O)[O-])cc2)=C(N2CCOCC2)C1=O. The number of carbonyl (C=O) groups excluding carboxylic acids is 2. The highest BCUT2D eigenvalue weighted by Crippen LogP contribution is 2.33. The van der Waals surface area contributed by atoms with E-state index in [1.807, 2.05) is 4.90 Å². The normalized spacial score (nSPS) is 18.5. The zero-order chi connectivity index (χ0) is 18.1. The monoisotopic (exact) mass is 345 g/mol. The van der Waals surface area contributed by atoms with Crippen molar-refractivity contribution in [2.24, 2.45) is 0 Å². The first kappa shape index (κ1) is 17.1. The molecular formula is C17H19N3O5. The molecule has 2 aliphatic heterocycles. The van der Waals surface area contributed by atoms with Gasteiger partial charge in [-0.1, -0.05) is 0 Å². The molecule has 2 amide bonds. The van der Waals surface area contributed by atoms with Crippen molar-refractivity contribution in [1.82, 2.24) is 9.80 Å². The Morgan fingerprint density at radius 3 is 2.20 bits per heavy atom. The number of rotatable bonds is 4. The van der Waals surface area contributed by atoms with Crippen molar-refractivity contribution in [3.63, 3.8) is 0 Å². The predicted molar refractivity (Wildman–Crippen MR) is 89.4 cm³/mol. The lowest BCUT2D eigenvalue weighted by Crippen LogP contribution is -2.42. The second-order valence-electron chi connectivity index (χ2n) is 6.20. The summed E-state index contributed by atoms with van der Waals surface area (Å²) in [6.07, 6.45) is 0. The van der Waals surface area contributed by atoms with Gasteiger partial charge >= 0.3 is 0 Å². The molecule has 0 aliphatic carbocycles. The summed E-state index contributed by atoms with van der Waals surface area (Å²) in [7, 11) is 0. The maximum absolute atomic E-state index is 12.9. The third-order valence-corrected chi connectivity index (χ3v) is 4.30. The molecule has 1 aromatic carbocycles. The molecule has 3 rings (SSSR count). The van der Waals surface area contributed by atoms with Crippen molar-refractivity contribution < 1.29 is 19.2 Å². The summed E-state index contributed by atoms with van der Waals surface area (Å²) in [5, 5.41) is 10.8. The van der Waals surface area contributed by atoms with E-state index < -0.39 is 4.92 Å². The first-order valence-electron chi connectivity index (χ1n) is 8.11. The third kappa shape index (κ3) is 3.00. The maximum Gasteiger partial charge on any atom is 0.278 e. The first-order valence-corrected chi connectivity index (χ1v) is 8.11. The van der Waals surface area contributed by atoms with Gasteiger partial charge in [-0.05, 0) is 31.5 Å². The number of imide groups is 1. The fourth-order valence-corrected chi connectivity index (χ4v) is 3.09. The predicted octanol–water partition coefficient (Wildman–Crippen LogP) is 1.42. The number of nitro groups is 1. The minimum absolute atomic E-state index is 0.0604. The molecule has 1 aromatic rings. The Kier molecular flexibility index (Phi) is 4.54. The highest BCUT2D eigenvalue weighted by atomic mass is 16.6. The second kappa shape index (κ2) is 6.64. The van der Waals surface area contributed by atoms with Crippen LogP contribution in [0.15, 0.2) is 30.0 Å². The molecule has 0 radical (unpaired) electrons. The van der Waals surface area contributed by atoms with E-state index in [2.05, 4.69) is 0 Å². The van der Waals surface area contributed by atoms with E-state index in [1.165, 1.54) is 29.2 Å². The Labute approximate surface area is 144 Å². The van der Waals surface area contributed by atoms with Gasteiger partial charge in [0.2, 0.25) is 0 Å². The number of carbonyl (C=O) groups is 2. The summed E-state index contributed by atoms with van der Waals surface area (Å²) < 4.78 is 5.33. The lowest BCUT2D eigenvalue weighted by molar-refractivity contribution is -0.384. The van der Waals surface area contributed by atoms with Crippen molar-refractivity contribution >= 4 is 23.1 Å². The number of non-ortho nitro benzene ring substituents is 1. The number of ether oxygens (including phenoxy) is 1. The standard InChI is InChI=1S/C17H19N3O5/c1-11(2)19-16(21)14(12-3-5-13(6-4-12)20(23)24)15(17(19)22)18-7-9-25-10-8-18/h3-6,11H,7-10H2,1-2H3. The molecule has 1 fully saturated rings. The smallest absolute Gasteiger partial charge is 0.278 e. The van der Waals surface area contributed by atoms with Gasteiger partial charge in [0.25, 0.3) is 17.5 Å². The van der Waals surface area contributed by atoms with Crippen molar-refractivity contribution in [3.05, 3.63) is 45.6 Å². The van der Waals surface area contributed by atoms with E-state index in [-0.39, 0.29) is 23.5 Å². The Bertz CT molecular complexity index is 748. The highest BCUT2D eigenvalue weighted by molar-refractivity contribution is 6.35. The molecule has 0 N–H and O–H groups in total. The van der Waals surface area contributed by atoms with Crippen molar-refractivity contribution in [2.45, 2.75) is 19.9 Å². The Morgan fingerprint density at radius 1 is 1.08 bits per heavy atom. The molecule has 0 saturated carbocycles. The lowest BCUT2D eigenvalue weighted by atomic mass is 10.0. The number of nitrogens with zero attached hydrogens (tertiary/aromatic N) is 3. The zero-order valence-electron chi connectivity index (χ0n) is 14.1. The van der Waals surface area contributed by atoms with Crippen LogP contribution in [0.25, 0.3) is 5.57 Å². The van der Waals surface area contributed by atoms with Gasteiger partial charge in [0.15, 0.2) is 0 Å². The Hall–Kier alpha value is -2.74. The minimum Gasteiger partial charge on any atom is -0.378 e. The number of hydrogen-bond donors (Lipinski definition) is 0. The fraction of sp³-hybridized carbons (Fsp3) is 0.412. The quantitative estimate of drug-likeness (QED) is 0.465. The molecule has 0 atom stereocenters. The van der Waals surface area contributed by atoms with Gasteiger partial charge in [0.05, 0.1) is 23.7 Å². The maximum atomic E-state index is 12.9. The molecular weight excluding hydrogens is 326 g/mol. The van der Waals surface area contributed by atoms with Crippen LogP contribution < -0.4 is 0 Å². The van der Waals surface area contributed by atoms with Crippen molar-refractivity contribution in [3.8, 4) is 0 Å². The molecule has 0 bridgehead atoms. The van der Waals surface area contributed by atoms with Crippen LogP contribution in [0.2, 0.25) is 0 Å². The van der Waals surface area contributed by atoms with Crippen LogP contribution >= 0.6 is 0 Å². The van der Waals surface area contributed by atoms with Crippen LogP contribution in [0, 0.1) is 10.1 Å². The molecule has 8 heteroatoms. The average Bonchev–Trinajstić information content (AvgIpc) is 2.86. The van der Waals surface area contributed by atoms with Gasteiger partial charge in [-0.25, -0.2) is 0 Å². The minimum atomic E-state index is -0.497. The summed E-state index contributed by atoms with van der Waals surface area (Å²) in [5.41, 5.74) is 1.11. The fourth-order valence-electron chi connectivity index (χ4n) is 3.09. The second-order valence-corrected chi connectivity index (χ2v) is 6.20. The summed E-state index contributed by atoms with van der Waals surface area (Å²) in [4.78, 5) is 39.2. The van der Waals surface area contributed by atoms with Crippen molar-refractivity contribution in [2.75, 3.05) is 26.3 Å². The average molecular weight is 345 g/mol. The third-order valence-electron chi connectivity index (χ3n) is 4.30. The first-order chi connectivity index (χ1) is 11.9. The van der Waals surface area contributed by atoms with E-state index >= 15 is 0 Å². The lowest BCUT2D eigenvalue weighted by Gasteiger charge is -2.30. The highest BCUT2D eigenvalue weighted by Gasteiger charge is 2.43.